The number of hydrogen-bond donors (Lipinski definition) is 2. The molecule has 2 rings (SSSR count). The molecule has 0 aromatic heterocycles. The van der Waals surface area contributed by atoms with Crippen molar-refractivity contribution in [2.24, 2.45) is 11.8 Å². The highest BCUT2D eigenvalue weighted by Crippen LogP contribution is 2.36. The Balaban J connectivity index is 2.24. The number of benzene rings is 1. The van der Waals surface area contributed by atoms with Crippen molar-refractivity contribution in [3.63, 3.8) is 0 Å². The van der Waals surface area contributed by atoms with Crippen LogP contribution in [0.1, 0.15) is 44.2 Å². The van der Waals surface area contributed by atoms with Gasteiger partial charge in [-0.25, -0.2) is 0 Å². The average molecular weight is 416 g/mol. The maximum Gasteiger partial charge on any atom is 0.416 e. The fourth-order valence-electron chi connectivity index (χ4n) is 3.40. The number of alkyl halides is 3. The molecule has 1 amide bonds. The van der Waals surface area contributed by atoms with Crippen molar-refractivity contribution in [3.05, 3.63) is 35.4 Å². The van der Waals surface area contributed by atoms with Gasteiger partial charge in [-0.05, 0) is 43.1 Å². The highest BCUT2D eigenvalue weighted by atomic mass is 32.1. The molecule has 0 spiro atoms. The number of rotatable bonds is 6. The van der Waals surface area contributed by atoms with Crippen molar-refractivity contribution in [3.8, 4) is 0 Å². The molecule has 1 aliphatic rings. The minimum Gasteiger partial charge on any atom is -0.363 e. The van der Waals surface area contributed by atoms with E-state index in [0.717, 1.165) is 18.6 Å². The highest BCUT2D eigenvalue weighted by molar-refractivity contribution is 7.80. The van der Waals surface area contributed by atoms with Crippen LogP contribution in [0.25, 0.3) is 0 Å². The van der Waals surface area contributed by atoms with E-state index in [1.165, 1.54) is 6.07 Å². The highest BCUT2D eigenvalue weighted by Gasteiger charge is 2.40. The summed E-state index contributed by atoms with van der Waals surface area (Å²) >= 11 is 5.37. The SMILES string of the molecule is CCNC(=S)N1CC(C(=O)NCCC(C)C)C(c2cccc(C(F)(F)F)c2)C1. The topological polar surface area (TPSA) is 44.4 Å². The van der Waals surface area contributed by atoms with Crippen LogP contribution in [0.2, 0.25) is 0 Å². The Morgan fingerprint density at radius 2 is 2.00 bits per heavy atom. The van der Waals surface area contributed by atoms with Crippen molar-refractivity contribution < 1.29 is 18.0 Å². The Kier molecular flexibility index (Phi) is 7.69. The van der Waals surface area contributed by atoms with E-state index in [2.05, 4.69) is 24.5 Å². The third kappa shape index (κ3) is 5.83. The van der Waals surface area contributed by atoms with E-state index in [-0.39, 0.29) is 11.8 Å². The Morgan fingerprint density at radius 1 is 1.29 bits per heavy atom. The van der Waals surface area contributed by atoms with Crippen molar-refractivity contribution in [1.82, 2.24) is 15.5 Å². The van der Waals surface area contributed by atoms with Gasteiger partial charge in [-0.3, -0.25) is 4.79 Å². The summed E-state index contributed by atoms with van der Waals surface area (Å²) in [4.78, 5) is 14.7. The van der Waals surface area contributed by atoms with Crippen molar-refractivity contribution in [2.75, 3.05) is 26.2 Å². The molecule has 1 aliphatic heterocycles. The fraction of sp³-hybridized carbons (Fsp3) is 0.600. The molecule has 0 aliphatic carbocycles. The summed E-state index contributed by atoms with van der Waals surface area (Å²) in [5.41, 5.74) is -0.183. The van der Waals surface area contributed by atoms with Crippen molar-refractivity contribution in [1.29, 1.82) is 0 Å². The summed E-state index contributed by atoms with van der Waals surface area (Å²) in [6.45, 7) is 8.07. The molecule has 1 aromatic rings. The molecule has 156 valence electrons. The molecular weight excluding hydrogens is 387 g/mol. The first-order chi connectivity index (χ1) is 13.1. The lowest BCUT2D eigenvalue weighted by Crippen LogP contribution is -2.40. The van der Waals surface area contributed by atoms with Gasteiger partial charge in [0.05, 0.1) is 11.5 Å². The number of likely N-dealkylation sites (tertiary alicyclic amines) is 1. The molecule has 1 fully saturated rings. The third-order valence-electron chi connectivity index (χ3n) is 4.93. The number of thiocarbonyl (C=S) groups is 1. The zero-order valence-corrected chi connectivity index (χ0v) is 17.3. The van der Waals surface area contributed by atoms with Gasteiger partial charge in [-0.15, -0.1) is 0 Å². The van der Waals surface area contributed by atoms with Gasteiger partial charge in [-0.1, -0.05) is 32.0 Å². The molecule has 2 N–H and O–H groups in total. The van der Waals surface area contributed by atoms with Gasteiger partial charge in [0.15, 0.2) is 5.11 Å². The van der Waals surface area contributed by atoms with E-state index in [9.17, 15) is 18.0 Å². The first-order valence-electron chi connectivity index (χ1n) is 9.61. The van der Waals surface area contributed by atoms with Crippen molar-refractivity contribution >= 4 is 23.2 Å². The molecular formula is C20H28F3N3OS. The van der Waals surface area contributed by atoms with Crippen LogP contribution in [0.3, 0.4) is 0 Å². The summed E-state index contributed by atoms with van der Waals surface area (Å²) in [6, 6.07) is 5.27. The Hall–Kier alpha value is -1.83. The third-order valence-corrected chi connectivity index (χ3v) is 5.34. The zero-order valence-electron chi connectivity index (χ0n) is 16.5. The smallest absolute Gasteiger partial charge is 0.363 e. The summed E-state index contributed by atoms with van der Waals surface area (Å²) in [6.07, 6.45) is -3.56. The minimum absolute atomic E-state index is 0.134. The van der Waals surface area contributed by atoms with Crippen LogP contribution in [0, 0.1) is 11.8 Å². The Bertz CT molecular complexity index is 694. The van der Waals surface area contributed by atoms with E-state index in [4.69, 9.17) is 12.2 Å². The predicted octanol–water partition coefficient (Wildman–Crippen LogP) is 3.78. The molecule has 2 atom stereocenters. The van der Waals surface area contributed by atoms with Crippen LogP contribution in [0.15, 0.2) is 24.3 Å². The minimum atomic E-state index is -4.41. The van der Waals surface area contributed by atoms with Crippen LogP contribution < -0.4 is 10.6 Å². The first kappa shape index (κ1) is 22.5. The quantitative estimate of drug-likeness (QED) is 0.694. The maximum atomic E-state index is 13.1. The Labute approximate surface area is 169 Å². The first-order valence-corrected chi connectivity index (χ1v) is 10.0. The van der Waals surface area contributed by atoms with E-state index in [0.29, 0.717) is 42.8 Å². The number of nitrogens with one attached hydrogen (secondary N) is 2. The van der Waals surface area contributed by atoms with Crippen LogP contribution >= 0.6 is 12.2 Å². The summed E-state index contributed by atoms with van der Waals surface area (Å²) in [7, 11) is 0. The zero-order chi connectivity index (χ0) is 20.9. The molecule has 0 radical (unpaired) electrons. The van der Waals surface area contributed by atoms with Crippen LogP contribution in [0.5, 0.6) is 0 Å². The molecule has 28 heavy (non-hydrogen) atoms. The number of carbonyl (C=O) groups excluding carboxylic acids is 1. The molecule has 8 heteroatoms. The van der Waals surface area contributed by atoms with Gasteiger partial charge in [0.2, 0.25) is 5.91 Å². The molecule has 4 nitrogen and oxygen atoms in total. The van der Waals surface area contributed by atoms with Crippen LogP contribution in [0.4, 0.5) is 13.2 Å². The summed E-state index contributed by atoms with van der Waals surface area (Å²) < 4.78 is 39.4. The predicted molar refractivity (Wildman–Crippen MR) is 108 cm³/mol. The van der Waals surface area contributed by atoms with Crippen LogP contribution in [-0.2, 0) is 11.0 Å². The van der Waals surface area contributed by atoms with E-state index in [1.807, 2.05) is 11.8 Å². The summed E-state index contributed by atoms with van der Waals surface area (Å²) in [5.74, 6) is -0.476. The number of halogens is 3. The number of carbonyl (C=O) groups is 1. The standard InChI is InChI=1S/C20H28F3N3OS/c1-4-24-19(28)26-11-16(14-6-5-7-15(10-14)20(21,22)23)17(12-26)18(27)25-9-8-13(2)3/h5-7,10,13,16-17H,4,8-9,11-12H2,1-3H3,(H,24,28)(H,25,27). The van der Waals surface area contributed by atoms with Gasteiger partial charge in [0.25, 0.3) is 0 Å². The molecule has 0 saturated carbocycles. The van der Waals surface area contributed by atoms with Gasteiger partial charge in [-0.2, -0.15) is 13.2 Å². The van der Waals surface area contributed by atoms with Gasteiger partial charge in [0.1, 0.15) is 0 Å². The lowest BCUT2D eigenvalue weighted by Gasteiger charge is -2.20. The van der Waals surface area contributed by atoms with E-state index >= 15 is 0 Å². The van der Waals surface area contributed by atoms with Crippen LogP contribution in [-0.4, -0.2) is 42.1 Å². The molecule has 0 bridgehead atoms. The Morgan fingerprint density at radius 3 is 2.61 bits per heavy atom. The van der Waals surface area contributed by atoms with Gasteiger partial charge >= 0.3 is 6.18 Å². The lowest BCUT2D eigenvalue weighted by molar-refractivity contribution is -0.137. The molecule has 1 saturated heterocycles. The average Bonchev–Trinajstić information content (AvgIpc) is 3.06. The molecule has 1 heterocycles. The second-order valence-electron chi connectivity index (χ2n) is 7.55. The van der Waals surface area contributed by atoms with Gasteiger partial charge < -0.3 is 15.5 Å². The number of nitrogens with zero attached hydrogens (tertiary/aromatic N) is 1. The van der Waals surface area contributed by atoms with E-state index in [1.54, 1.807) is 6.07 Å². The normalized spacial score (nSPS) is 19.8. The van der Waals surface area contributed by atoms with E-state index < -0.39 is 17.7 Å². The fourth-order valence-corrected chi connectivity index (χ4v) is 3.69. The number of hydrogen-bond acceptors (Lipinski definition) is 2. The van der Waals surface area contributed by atoms with Crippen molar-refractivity contribution in [2.45, 2.75) is 39.3 Å². The second kappa shape index (κ2) is 9.58. The lowest BCUT2D eigenvalue weighted by atomic mass is 9.87. The maximum absolute atomic E-state index is 13.1. The number of amides is 1. The second-order valence-corrected chi connectivity index (χ2v) is 7.94. The van der Waals surface area contributed by atoms with Gasteiger partial charge in [0, 0.05) is 32.1 Å². The monoisotopic (exact) mass is 415 g/mol. The summed E-state index contributed by atoms with van der Waals surface area (Å²) in [5, 5.41) is 6.52. The molecule has 2 unspecified atom stereocenters. The largest absolute Gasteiger partial charge is 0.416 e. The molecule has 1 aromatic carbocycles.